The number of aliphatic hydroxyl groups is 3. The van der Waals surface area contributed by atoms with Crippen molar-refractivity contribution in [2.45, 2.75) is 48.5 Å². The molecule has 2 amide bonds. The summed E-state index contributed by atoms with van der Waals surface area (Å²) in [4.78, 5) is 64.8. The first-order chi connectivity index (χ1) is 18.4. The van der Waals surface area contributed by atoms with E-state index in [4.69, 9.17) is 9.84 Å². The van der Waals surface area contributed by atoms with Crippen molar-refractivity contribution in [3.05, 3.63) is 28.9 Å². The number of thioether (sulfide) groups is 1. The smallest absolute Gasteiger partial charge is 0.352 e. The van der Waals surface area contributed by atoms with Gasteiger partial charge in [-0.25, -0.2) is 14.6 Å². The van der Waals surface area contributed by atoms with Crippen molar-refractivity contribution in [2.75, 3.05) is 11.1 Å². The molecule has 5 unspecified atom stereocenters. The minimum Gasteiger partial charge on any atom is -0.481 e. The van der Waals surface area contributed by atoms with Gasteiger partial charge in [-0.2, -0.15) is 0 Å². The zero-order chi connectivity index (χ0) is 28.6. The number of nitrogens with zero attached hydrogens (tertiary/aromatic N) is 2. The molecule has 0 aliphatic carbocycles. The summed E-state index contributed by atoms with van der Waals surface area (Å²) in [6, 6.07) is -1.07. The molecule has 0 aromatic carbocycles. The van der Waals surface area contributed by atoms with Gasteiger partial charge in [-0.1, -0.05) is 6.08 Å². The Morgan fingerprint density at radius 3 is 2.49 bits per heavy atom. The number of carbonyl (C=O) groups excluding carboxylic acids is 2. The lowest BCUT2D eigenvalue weighted by Crippen LogP contribution is -2.70. The maximum Gasteiger partial charge on any atom is 0.352 e. The van der Waals surface area contributed by atoms with Gasteiger partial charge in [0.25, 0.3) is 11.8 Å². The molecular weight excluding hydrogens is 564 g/mol. The molecule has 4 rings (SSSR count). The average Bonchev–Trinajstić information content (AvgIpc) is 3.34. The molecule has 7 atom stereocenters. The third-order valence-electron chi connectivity index (χ3n) is 5.98. The molecule has 39 heavy (non-hydrogen) atoms. The van der Waals surface area contributed by atoms with Crippen LogP contribution in [0.15, 0.2) is 23.2 Å². The van der Waals surface area contributed by atoms with Gasteiger partial charge in [0, 0.05) is 11.1 Å². The van der Waals surface area contributed by atoms with Crippen LogP contribution in [0.5, 0.6) is 0 Å². The average molecular weight is 587 g/mol. The zero-order valence-corrected chi connectivity index (χ0v) is 21.2. The van der Waals surface area contributed by atoms with Crippen LogP contribution < -0.4 is 10.6 Å². The fourth-order valence-electron chi connectivity index (χ4n) is 4.05. The number of β-lactam (4-membered cyclic amide) rings is 1. The van der Waals surface area contributed by atoms with Crippen molar-refractivity contribution in [3.8, 4) is 0 Å². The molecule has 0 spiro atoms. The highest BCUT2D eigenvalue weighted by atomic mass is 32.2. The standard InChI is InChI=1S/C21H22N4O12S2/c26-9(27)2-1-6(15(31)23-10-17(32)25-8(19(33)34)3-4-38-18(10)25)7-5-39-21(22-7)24-16-13(30)11(28)12(29)14(37-16)20(35)36/h1,3,5,10-14,16,18,28-30H,2,4H2,(H,22,24)(H,23,31)(H,26,27)(H,33,34)(H,35,36)/b6-1-/t10-,11?,12?,13?,14?,16?,18-/m1/s1. The fraction of sp³-hybridized carbons (Fsp3) is 0.429. The van der Waals surface area contributed by atoms with Crippen molar-refractivity contribution in [3.63, 3.8) is 0 Å². The van der Waals surface area contributed by atoms with Crippen LogP contribution in [-0.2, 0) is 28.7 Å². The predicted octanol–water partition coefficient (Wildman–Crippen LogP) is -2.33. The number of carboxylic acid groups (broad SMARTS) is 3. The number of thiazole rings is 1. The number of amides is 2. The van der Waals surface area contributed by atoms with E-state index in [9.17, 15) is 49.5 Å². The second-order valence-corrected chi connectivity index (χ2v) is 10.5. The number of nitrogens with one attached hydrogen (secondary N) is 2. The van der Waals surface area contributed by atoms with E-state index in [0.29, 0.717) is 5.75 Å². The molecule has 4 heterocycles. The highest BCUT2D eigenvalue weighted by Gasteiger charge is 2.53. The molecule has 3 aliphatic rings. The summed E-state index contributed by atoms with van der Waals surface area (Å²) in [5.74, 6) is -5.32. The molecule has 1 aromatic rings. The van der Waals surface area contributed by atoms with Gasteiger partial charge >= 0.3 is 17.9 Å². The Morgan fingerprint density at radius 2 is 1.85 bits per heavy atom. The van der Waals surface area contributed by atoms with Crippen LogP contribution in [0.4, 0.5) is 5.13 Å². The van der Waals surface area contributed by atoms with E-state index < -0.39 is 78.2 Å². The lowest BCUT2D eigenvalue weighted by molar-refractivity contribution is -0.221. The van der Waals surface area contributed by atoms with Crippen molar-refractivity contribution < 1.29 is 59.3 Å². The quantitative estimate of drug-likeness (QED) is 0.112. The van der Waals surface area contributed by atoms with Gasteiger partial charge in [0.2, 0.25) is 0 Å². The SMILES string of the molecule is O=C(O)C/C=C(\C(=O)N[C@@H]1C(=O)N2C(C(=O)O)=CCS[C@H]12)c1csc(NC2OC(C(=O)O)C(O)C(O)C2O)n1. The number of carbonyl (C=O) groups is 5. The molecule has 16 nitrogen and oxygen atoms in total. The number of carboxylic acids is 3. The Balaban J connectivity index is 1.50. The minimum atomic E-state index is -1.90. The summed E-state index contributed by atoms with van der Waals surface area (Å²) in [6.07, 6.45) is -7.00. The number of aliphatic carboxylic acids is 3. The van der Waals surface area contributed by atoms with Crippen molar-refractivity contribution in [2.24, 2.45) is 0 Å². The second-order valence-electron chi connectivity index (χ2n) is 8.46. The molecule has 3 aliphatic heterocycles. The number of rotatable bonds is 9. The summed E-state index contributed by atoms with van der Waals surface area (Å²) in [5, 5.41) is 63.3. The highest BCUT2D eigenvalue weighted by Crippen LogP contribution is 2.38. The number of fused-ring (bicyclic) bond motifs is 1. The largest absolute Gasteiger partial charge is 0.481 e. The summed E-state index contributed by atoms with van der Waals surface area (Å²) in [6.45, 7) is 0. The minimum absolute atomic E-state index is 0.0132. The van der Waals surface area contributed by atoms with Crippen LogP contribution in [0.3, 0.4) is 0 Å². The van der Waals surface area contributed by atoms with E-state index in [-0.39, 0.29) is 22.1 Å². The van der Waals surface area contributed by atoms with Crippen molar-refractivity contribution in [1.82, 2.24) is 15.2 Å². The Labute approximate surface area is 226 Å². The normalized spacial score (nSPS) is 30.5. The van der Waals surface area contributed by atoms with E-state index in [2.05, 4.69) is 15.6 Å². The number of hydrogen-bond donors (Lipinski definition) is 8. The molecule has 2 saturated heterocycles. The van der Waals surface area contributed by atoms with Gasteiger partial charge in [0.05, 0.1) is 17.7 Å². The van der Waals surface area contributed by atoms with Crippen molar-refractivity contribution in [1.29, 1.82) is 0 Å². The lowest BCUT2D eigenvalue weighted by Gasteiger charge is -2.48. The maximum atomic E-state index is 13.1. The number of hydrogen-bond acceptors (Lipinski definition) is 13. The van der Waals surface area contributed by atoms with Gasteiger partial charge < -0.3 is 46.0 Å². The Bertz CT molecular complexity index is 1270. The summed E-state index contributed by atoms with van der Waals surface area (Å²) >= 11 is 2.11. The van der Waals surface area contributed by atoms with Gasteiger partial charge in [0.15, 0.2) is 17.5 Å². The number of aliphatic hydroxyl groups excluding tert-OH is 3. The topological polar surface area (TPSA) is 256 Å². The molecule has 0 bridgehead atoms. The van der Waals surface area contributed by atoms with Crippen LogP contribution in [0.25, 0.3) is 5.57 Å². The predicted molar refractivity (Wildman–Crippen MR) is 131 cm³/mol. The maximum absolute atomic E-state index is 13.1. The van der Waals surface area contributed by atoms with E-state index in [1.807, 2.05) is 0 Å². The van der Waals surface area contributed by atoms with Crippen LogP contribution in [0.1, 0.15) is 12.1 Å². The van der Waals surface area contributed by atoms with Gasteiger partial charge in [0.1, 0.15) is 35.4 Å². The molecule has 1 aromatic heterocycles. The number of anilines is 1. The number of ether oxygens (including phenoxy) is 1. The zero-order valence-electron chi connectivity index (χ0n) is 19.5. The monoisotopic (exact) mass is 586 g/mol. The van der Waals surface area contributed by atoms with Crippen LogP contribution in [0, 0.1) is 0 Å². The third-order valence-corrected chi connectivity index (χ3v) is 7.94. The van der Waals surface area contributed by atoms with E-state index in [1.54, 1.807) is 0 Å². The lowest BCUT2D eigenvalue weighted by atomic mass is 9.98. The van der Waals surface area contributed by atoms with Crippen LogP contribution >= 0.6 is 23.1 Å². The highest BCUT2D eigenvalue weighted by molar-refractivity contribution is 8.00. The van der Waals surface area contributed by atoms with Crippen LogP contribution in [0.2, 0.25) is 0 Å². The Kier molecular flexibility index (Phi) is 8.23. The first-order valence-corrected chi connectivity index (χ1v) is 13.1. The molecule has 210 valence electrons. The first-order valence-electron chi connectivity index (χ1n) is 11.2. The van der Waals surface area contributed by atoms with Gasteiger partial charge in [-0.05, 0) is 6.08 Å². The van der Waals surface area contributed by atoms with E-state index in [0.717, 1.165) is 22.3 Å². The summed E-state index contributed by atoms with van der Waals surface area (Å²) in [5.41, 5.74) is -0.444. The third kappa shape index (κ3) is 5.60. The Morgan fingerprint density at radius 1 is 1.13 bits per heavy atom. The molecule has 2 fully saturated rings. The fourth-order valence-corrected chi connectivity index (χ4v) is 5.98. The molecule has 0 saturated carbocycles. The van der Waals surface area contributed by atoms with E-state index in [1.165, 1.54) is 23.2 Å². The van der Waals surface area contributed by atoms with Gasteiger partial charge in [-0.3, -0.25) is 19.3 Å². The molecule has 8 N–H and O–H groups in total. The molecule has 0 radical (unpaired) electrons. The van der Waals surface area contributed by atoms with Crippen LogP contribution in [-0.4, -0.2) is 118 Å². The summed E-state index contributed by atoms with van der Waals surface area (Å²) in [7, 11) is 0. The van der Waals surface area contributed by atoms with Crippen molar-refractivity contribution >= 4 is 63.5 Å². The first kappa shape index (κ1) is 28.5. The number of aromatic nitrogens is 1. The second kappa shape index (κ2) is 11.3. The van der Waals surface area contributed by atoms with E-state index >= 15 is 0 Å². The molecular formula is C21H22N4O12S2. The summed E-state index contributed by atoms with van der Waals surface area (Å²) < 4.78 is 5.14. The van der Waals surface area contributed by atoms with Gasteiger partial charge in [-0.15, -0.1) is 23.1 Å². The molecule has 18 heteroatoms. The Hall–Kier alpha value is -3.55.